The van der Waals surface area contributed by atoms with Crippen molar-refractivity contribution in [1.29, 1.82) is 0 Å². The van der Waals surface area contributed by atoms with Crippen LogP contribution in [0.1, 0.15) is 45.0 Å². The maximum atomic E-state index is 6.00. The first-order valence-corrected chi connectivity index (χ1v) is 8.92. The third kappa shape index (κ3) is 3.88. The van der Waals surface area contributed by atoms with Crippen molar-refractivity contribution in [2.45, 2.75) is 58.6 Å². The normalized spacial score (nSPS) is 23.7. The molecule has 2 heterocycles. The smallest absolute Gasteiger partial charge is 0.0766 e. The number of nitrogens with one attached hydrogen (secondary N) is 1. The summed E-state index contributed by atoms with van der Waals surface area (Å²) in [6, 6.07) is 0.360. The minimum atomic E-state index is 0.309. The lowest BCUT2D eigenvalue weighted by Gasteiger charge is -2.27. The zero-order chi connectivity index (χ0) is 15.4. The van der Waals surface area contributed by atoms with Crippen LogP contribution in [0.4, 0.5) is 0 Å². The molecule has 0 spiro atoms. The lowest BCUT2D eigenvalue weighted by atomic mass is 9.94. The Morgan fingerprint density at radius 1 is 1.48 bits per heavy atom. The SMILES string of the molecule is CCCNC(Cc1c(Br)c(CC)nn1C)C1OCCC1C. The molecule has 120 valence electrons. The number of aromatic nitrogens is 2. The summed E-state index contributed by atoms with van der Waals surface area (Å²) in [6.45, 7) is 8.58. The van der Waals surface area contributed by atoms with Gasteiger partial charge in [-0.2, -0.15) is 5.10 Å². The van der Waals surface area contributed by atoms with Gasteiger partial charge in [0, 0.05) is 26.1 Å². The number of nitrogens with zero attached hydrogens (tertiary/aromatic N) is 2. The molecule has 2 rings (SSSR count). The van der Waals surface area contributed by atoms with E-state index in [0.717, 1.165) is 38.1 Å². The average Bonchev–Trinajstić information content (AvgIpc) is 3.00. The standard InChI is InChI=1S/C16H28BrN3O/c1-5-8-18-13(16-11(3)7-9-21-16)10-14-15(17)12(6-2)19-20(14)4/h11,13,16,18H,5-10H2,1-4H3. The summed E-state index contributed by atoms with van der Waals surface area (Å²) >= 11 is 3.73. The Morgan fingerprint density at radius 3 is 2.76 bits per heavy atom. The van der Waals surface area contributed by atoms with Gasteiger partial charge in [-0.3, -0.25) is 4.68 Å². The molecule has 0 radical (unpaired) electrons. The monoisotopic (exact) mass is 357 g/mol. The van der Waals surface area contributed by atoms with Gasteiger partial charge < -0.3 is 10.1 Å². The van der Waals surface area contributed by atoms with Gasteiger partial charge >= 0.3 is 0 Å². The molecule has 0 aromatic carbocycles. The Balaban J connectivity index is 2.16. The molecule has 1 aromatic heterocycles. The number of ether oxygens (including phenoxy) is 1. The number of halogens is 1. The van der Waals surface area contributed by atoms with Gasteiger partial charge in [0.05, 0.1) is 22.0 Å². The molecule has 1 fully saturated rings. The highest BCUT2D eigenvalue weighted by atomic mass is 79.9. The molecule has 4 nitrogen and oxygen atoms in total. The lowest BCUT2D eigenvalue weighted by Crippen LogP contribution is -2.44. The second-order valence-corrected chi connectivity index (χ2v) is 6.84. The molecule has 1 aliphatic rings. The molecule has 21 heavy (non-hydrogen) atoms. The van der Waals surface area contributed by atoms with Crippen molar-refractivity contribution in [3.8, 4) is 0 Å². The molecule has 5 heteroatoms. The maximum absolute atomic E-state index is 6.00. The van der Waals surface area contributed by atoms with E-state index in [1.54, 1.807) is 0 Å². The summed E-state index contributed by atoms with van der Waals surface area (Å²) in [7, 11) is 2.04. The van der Waals surface area contributed by atoms with E-state index < -0.39 is 0 Å². The van der Waals surface area contributed by atoms with Crippen molar-refractivity contribution in [3.63, 3.8) is 0 Å². The van der Waals surface area contributed by atoms with Crippen molar-refractivity contribution in [2.24, 2.45) is 13.0 Å². The third-order valence-electron chi connectivity index (χ3n) is 4.41. The Bertz CT molecular complexity index is 461. The third-order valence-corrected chi connectivity index (χ3v) is 5.33. The van der Waals surface area contributed by atoms with E-state index in [4.69, 9.17) is 4.74 Å². The van der Waals surface area contributed by atoms with Crippen LogP contribution in [0, 0.1) is 5.92 Å². The van der Waals surface area contributed by atoms with Crippen LogP contribution in [0.3, 0.4) is 0 Å². The van der Waals surface area contributed by atoms with Crippen LogP contribution in [0.25, 0.3) is 0 Å². The van der Waals surface area contributed by atoms with Gasteiger partial charge in [-0.15, -0.1) is 0 Å². The van der Waals surface area contributed by atoms with E-state index in [0.29, 0.717) is 18.1 Å². The largest absolute Gasteiger partial charge is 0.376 e. The first-order chi connectivity index (χ1) is 10.1. The van der Waals surface area contributed by atoms with Crippen LogP contribution in [0.15, 0.2) is 4.47 Å². The summed E-state index contributed by atoms with van der Waals surface area (Å²) in [5, 5.41) is 8.29. The Labute approximate surface area is 136 Å². The average molecular weight is 358 g/mol. The summed E-state index contributed by atoms with van der Waals surface area (Å²) in [4.78, 5) is 0. The Hall–Kier alpha value is -0.390. The van der Waals surface area contributed by atoms with Crippen LogP contribution in [0.2, 0.25) is 0 Å². The topological polar surface area (TPSA) is 39.1 Å². The highest BCUT2D eigenvalue weighted by Gasteiger charge is 2.33. The molecule has 0 saturated carbocycles. The number of hydrogen-bond donors (Lipinski definition) is 1. The van der Waals surface area contributed by atoms with Gasteiger partial charge in [0.1, 0.15) is 0 Å². The minimum absolute atomic E-state index is 0.309. The first kappa shape index (κ1) is 17.0. The Morgan fingerprint density at radius 2 is 2.24 bits per heavy atom. The maximum Gasteiger partial charge on any atom is 0.0766 e. The second-order valence-electron chi connectivity index (χ2n) is 6.05. The van der Waals surface area contributed by atoms with Crippen LogP contribution < -0.4 is 5.32 Å². The predicted molar refractivity (Wildman–Crippen MR) is 89.6 cm³/mol. The fourth-order valence-corrected chi connectivity index (χ4v) is 3.89. The fourth-order valence-electron chi connectivity index (χ4n) is 3.12. The highest BCUT2D eigenvalue weighted by Crippen LogP contribution is 2.28. The summed E-state index contributed by atoms with van der Waals surface area (Å²) in [5.74, 6) is 0.622. The van der Waals surface area contributed by atoms with Gasteiger partial charge in [0.25, 0.3) is 0 Å². The van der Waals surface area contributed by atoms with Crippen molar-refractivity contribution in [2.75, 3.05) is 13.2 Å². The van der Waals surface area contributed by atoms with Crippen LogP contribution in [-0.2, 0) is 24.6 Å². The molecule has 1 N–H and O–H groups in total. The summed E-state index contributed by atoms with van der Waals surface area (Å²) in [5.41, 5.74) is 2.41. The molecule has 3 unspecified atom stereocenters. The quantitative estimate of drug-likeness (QED) is 0.814. The summed E-state index contributed by atoms with van der Waals surface area (Å²) in [6.07, 6.45) is 4.53. The van der Waals surface area contributed by atoms with Gasteiger partial charge in [-0.25, -0.2) is 0 Å². The van der Waals surface area contributed by atoms with E-state index in [1.165, 1.54) is 16.6 Å². The zero-order valence-corrected chi connectivity index (χ0v) is 15.2. The number of hydrogen-bond acceptors (Lipinski definition) is 3. The zero-order valence-electron chi connectivity index (χ0n) is 13.7. The molecular formula is C16H28BrN3O. The van der Waals surface area contributed by atoms with Crippen LogP contribution in [-0.4, -0.2) is 35.1 Å². The molecule has 1 aromatic rings. The van der Waals surface area contributed by atoms with Crippen LogP contribution in [0.5, 0.6) is 0 Å². The van der Waals surface area contributed by atoms with E-state index in [-0.39, 0.29) is 0 Å². The summed E-state index contributed by atoms with van der Waals surface area (Å²) < 4.78 is 9.19. The molecular weight excluding hydrogens is 330 g/mol. The van der Waals surface area contributed by atoms with Crippen molar-refractivity contribution >= 4 is 15.9 Å². The number of aryl methyl sites for hydroxylation is 2. The van der Waals surface area contributed by atoms with Crippen molar-refractivity contribution < 1.29 is 4.74 Å². The molecule has 0 bridgehead atoms. The van der Waals surface area contributed by atoms with E-state index in [1.807, 2.05) is 11.7 Å². The minimum Gasteiger partial charge on any atom is -0.376 e. The van der Waals surface area contributed by atoms with Gasteiger partial charge in [-0.1, -0.05) is 20.8 Å². The first-order valence-electron chi connectivity index (χ1n) is 8.13. The molecule has 0 aliphatic carbocycles. The lowest BCUT2D eigenvalue weighted by molar-refractivity contribution is 0.0604. The van der Waals surface area contributed by atoms with Gasteiger partial charge in [-0.05, 0) is 47.7 Å². The Kier molecular flexibility index (Phi) is 6.26. The number of rotatable bonds is 7. The van der Waals surface area contributed by atoms with E-state index in [9.17, 15) is 0 Å². The van der Waals surface area contributed by atoms with E-state index in [2.05, 4.69) is 47.1 Å². The fraction of sp³-hybridized carbons (Fsp3) is 0.812. The molecule has 1 aliphatic heterocycles. The molecule has 3 atom stereocenters. The van der Waals surface area contributed by atoms with Crippen LogP contribution >= 0.6 is 15.9 Å². The molecule has 0 amide bonds. The predicted octanol–water partition coefficient (Wildman–Crippen LogP) is 3.08. The second kappa shape index (κ2) is 7.75. The van der Waals surface area contributed by atoms with Gasteiger partial charge in [0.2, 0.25) is 0 Å². The highest BCUT2D eigenvalue weighted by molar-refractivity contribution is 9.10. The van der Waals surface area contributed by atoms with Crippen molar-refractivity contribution in [3.05, 3.63) is 15.9 Å². The van der Waals surface area contributed by atoms with E-state index >= 15 is 0 Å². The molecule has 1 saturated heterocycles. The van der Waals surface area contributed by atoms with Gasteiger partial charge in [0.15, 0.2) is 0 Å². The van der Waals surface area contributed by atoms with Crippen molar-refractivity contribution in [1.82, 2.24) is 15.1 Å².